The predicted octanol–water partition coefficient (Wildman–Crippen LogP) is 2.38. The SMILES string of the molecule is CC(C)(C)C(=O)NCCC(=O)NC1CCCCCC1. The Morgan fingerprint density at radius 2 is 1.63 bits per heavy atom. The van der Waals surface area contributed by atoms with E-state index in [0.29, 0.717) is 19.0 Å². The van der Waals surface area contributed by atoms with Crippen molar-refractivity contribution in [3.63, 3.8) is 0 Å². The van der Waals surface area contributed by atoms with E-state index in [1.54, 1.807) is 0 Å². The summed E-state index contributed by atoms with van der Waals surface area (Å²) in [5.74, 6) is 0.0517. The number of rotatable bonds is 4. The molecule has 1 rings (SSSR count). The van der Waals surface area contributed by atoms with Crippen LogP contribution >= 0.6 is 0 Å². The standard InChI is InChI=1S/C15H28N2O2/c1-15(2,3)14(19)16-11-10-13(18)17-12-8-6-4-5-7-9-12/h12H,4-11H2,1-3H3,(H,16,19)(H,17,18). The van der Waals surface area contributed by atoms with Crippen molar-refractivity contribution >= 4 is 11.8 Å². The van der Waals surface area contributed by atoms with Crippen molar-refractivity contribution < 1.29 is 9.59 Å². The van der Waals surface area contributed by atoms with Gasteiger partial charge in [0.05, 0.1) is 0 Å². The topological polar surface area (TPSA) is 58.2 Å². The number of hydrogen-bond donors (Lipinski definition) is 2. The van der Waals surface area contributed by atoms with Crippen LogP contribution in [0.15, 0.2) is 0 Å². The van der Waals surface area contributed by atoms with Crippen molar-refractivity contribution in [2.75, 3.05) is 6.54 Å². The number of carbonyl (C=O) groups is 2. The molecule has 0 aromatic rings. The van der Waals surface area contributed by atoms with Gasteiger partial charge in [0.25, 0.3) is 0 Å². The van der Waals surface area contributed by atoms with E-state index < -0.39 is 5.41 Å². The molecule has 0 unspecified atom stereocenters. The molecule has 0 aliphatic heterocycles. The largest absolute Gasteiger partial charge is 0.355 e. The van der Waals surface area contributed by atoms with Gasteiger partial charge in [-0.1, -0.05) is 46.5 Å². The zero-order chi connectivity index (χ0) is 14.3. The molecule has 0 spiro atoms. The molecule has 0 radical (unpaired) electrons. The summed E-state index contributed by atoms with van der Waals surface area (Å²) in [4.78, 5) is 23.4. The molecule has 0 saturated heterocycles. The summed E-state index contributed by atoms with van der Waals surface area (Å²) in [7, 11) is 0. The van der Waals surface area contributed by atoms with E-state index in [9.17, 15) is 9.59 Å². The van der Waals surface area contributed by atoms with Gasteiger partial charge < -0.3 is 10.6 Å². The normalized spacial score (nSPS) is 17.6. The first-order valence-electron chi connectivity index (χ1n) is 7.47. The molecule has 4 heteroatoms. The van der Waals surface area contributed by atoms with Gasteiger partial charge >= 0.3 is 0 Å². The Kier molecular flexibility index (Phi) is 6.32. The molecule has 1 fully saturated rings. The number of nitrogens with one attached hydrogen (secondary N) is 2. The average Bonchev–Trinajstić information content (AvgIpc) is 2.56. The monoisotopic (exact) mass is 268 g/mol. The van der Waals surface area contributed by atoms with E-state index in [0.717, 1.165) is 12.8 Å². The van der Waals surface area contributed by atoms with Crippen LogP contribution in [0.5, 0.6) is 0 Å². The third-order valence-electron chi connectivity index (χ3n) is 3.54. The molecule has 0 aromatic heterocycles. The van der Waals surface area contributed by atoms with Crippen molar-refractivity contribution in [1.29, 1.82) is 0 Å². The third-order valence-corrected chi connectivity index (χ3v) is 3.54. The Morgan fingerprint density at radius 3 is 2.16 bits per heavy atom. The van der Waals surface area contributed by atoms with Crippen molar-refractivity contribution in [2.45, 2.75) is 71.8 Å². The van der Waals surface area contributed by atoms with Crippen LogP contribution in [-0.4, -0.2) is 24.4 Å². The summed E-state index contributed by atoms with van der Waals surface area (Å²) in [5, 5.41) is 5.88. The van der Waals surface area contributed by atoms with Crippen molar-refractivity contribution in [3.05, 3.63) is 0 Å². The van der Waals surface area contributed by atoms with Crippen LogP contribution in [0.25, 0.3) is 0 Å². The molecule has 1 aliphatic rings. The summed E-state index contributed by atoms with van der Waals surface area (Å²) < 4.78 is 0. The van der Waals surface area contributed by atoms with Crippen molar-refractivity contribution in [1.82, 2.24) is 10.6 Å². The fourth-order valence-corrected chi connectivity index (χ4v) is 2.28. The van der Waals surface area contributed by atoms with E-state index in [-0.39, 0.29) is 11.8 Å². The van der Waals surface area contributed by atoms with Crippen LogP contribution in [0.3, 0.4) is 0 Å². The summed E-state index contributed by atoms with van der Waals surface area (Å²) in [6.45, 7) is 6.03. The van der Waals surface area contributed by atoms with Crippen LogP contribution < -0.4 is 10.6 Å². The molecular weight excluding hydrogens is 240 g/mol. The van der Waals surface area contributed by atoms with Gasteiger partial charge in [-0.2, -0.15) is 0 Å². The van der Waals surface area contributed by atoms with E-state index in [2.05, 4.69) is 10.6 Å². The molecule has 0 atom stereocenters. The van der Waals surface area contributed by atoms with Crippen molar-refractivity contribution in [3.8, 4) is 0 Å². The minimum Gasteiger partial charge on any atom is -0.355 e. The second-order valence-electron chi connectivity index (χ2n) is 6.51. The lowest BCUT2D eigenvalue weighted by Crippen LogP contribution is -2.39. The van der Waals surface area contributed by atoms with E-state index in [1.807, 2.05) is 20.8 Å². The molecule has 2 N–H and O–H groups in total. The highest BCUT2D eigenvalue weighted by atomic mass is 16.2. The summed E-state index contributed by atoms with van der Waals surface area (Å²) >= 11 is 0. The molecule has 2 amide bonds. The maximum absolute atomic E-state index is 11.8. The predicted molar refractivity (Wildman–Crippen MR) is 76.7 cm³/mol. The lowest BCUT2D eigenvalue weighted by Gasteiger charge is -2.19. The Hall–Kier alpha value is -1.06. The van der Waals surface area contributed by atoms with Crippen LogP contribution in [0.2, 0.25) is 0 Å². The number of hydrogen-bond acceptors (Lipinski definition) is 2. The van der Waals surface area contributed by atoms with Crippen molar-refractivity contribution in [2.24, 2.45) is 5.41 Å². The maximum atomic E-state index is 11.8. The van der Waals surface area contributed by atoms with Crippen LogP contribution in [0.4, 0.5) is 0 Å². The smallest absolute Gasteiger partial charge is 0.225 e. The lowest BCUT2D eigenvalue weighted by atomic mass is 9.96. The highest BCUT2D eigenvalue weighted by molar-refractivity contribution is 5.82. The molecule has 4 nitrogen and oxygen atoms in total. The maximum Gasteiger partial charge on any atom is 0.225 e. The quantitative estimate of drug-likeness (QED) is 0.769. The molecule has 1 aliphatic carbocycles. The molecule has 0 aromatic carbocycles. The molecule has 0 heterocycles. The van der Waals surface area contributed by atoms with E-state index >= 15 is 0 Å². The Labute approximate surface area is 116 Å². The van der Waals surface area contributed by atoms with Gasteiger partial charge in [0.15, 0.2) is 0 Å². The number of carbonyl (C=O) groups excluding carboxylic acids is 2. The second-order valence-corrected chi connectivity index (χ2v) is 6.51. The van der Waals surface area contributed by atoms with E-state index in [1.165, 1.54) is 25.7 Å². The Bertz CT molecular complexity index is 300. The highest BCUT2D eigenvalue weighted by Gasteiger charge is 2.21. The van der Waals surface area contributed by atoms with Gasteiger partial charge in [-0.3, -0.25) is 9.59 Å². The zero-order valence-corrected chi connectivity index (χ0v) is 12.6. The lowest BCUT2D eigenvalue weighted by molar-refractivity contribution is -0.128. The summed E-state index contributed by atoms with van der Waals surface area (Å²) in [5.41, 5.74) is -0.391. The minimum absolute atomic E-state index is 0.00485. The first kappa shape index (κ1) is 16.0. The fraction of sp³-hybridized carbons (Fsp3) is 0.867. The second kappa shape index (κ2) is 7.51. The van der Waals surface area contributed by atoms with Gasteiger partial charge in [-0.15, -0.1) is 0 Å². The molecule has 110 valence electrons. The zero-order valence-electron chi connectivity index (χ0n) is 12.6. The first-order valence-corrected chi connectivity index (χ1v) is 7.47. The van der Waals surface area contributed by atoms with Crippen LogP contribution in [0.1, 0.15) is 65.7 Å². The van der Waals surface area contributed by atoms with E-state index in [4.69, 9.17) is 0 Å². The molecule has 19 heavy (non-hydrogen) atoms. The Morgan fingerprint density at radius 1 is 1.05 bits per heavy atom. The summed E-state index contributed by atoms with van der Waals surface area (Å²) in [6, 6.07) is 0.341. The molecular formula is C15H28N2O2. The molecule has 1 saturated carbocycles. The van der Waals surface area contributed by atoms with Gasteiger partial charge in [0, 0.05) is 24.4 Å². The van der Waals surface area contributed by atoms with Gasteiger partial charge in [-0.25, -0.2) is 0 Å². The molecule has 0 bridgehead atoms. The third kappa shape index (κ3) is 6.60. The minimum atomic E-state index is -0.391. The Balaban J connectivity index is 2.19. The number of amides is 2. The average molecular weight is 268 g/mol. The summed E-state index contributed by atoms with van der Waals surface area (Å²) in [6.07, 6.45) is 7.57. The van der Waals surface area contributed by atoms with Crippen LogP contribution in [0, 0.1) is 5.41 Å². The highest BCUT2D eigenvalue weighted by Crippen LogP contribution is 2.17. The van der Waals surface area contributed by atoms with Gasteiger partial charge in [0.1, 0.15) is 0 Å². The van der Waals surface area contributed by atoms with Gasteiger partial charge in [-0.05, 0) is 12.8 Å². The van der Waals surface area contributed by atoms with Crippen LogP contribution in [-0.2, 0) is 9.59 Å². The van der Waals surface area contributed by atoms with Gasteiger partial charge in [0.2, 0.25) is 11.8 Å². The fourth-order valence-electron chi connectivity index (χ4n) is 2.28. The first-order chi connectivity index (χ1) is 8.89.